The molecule has 1 unspecified atom stereocenters. The molecule has 8 nitrogen and oxygen atoms in total. The second-order valence-electron chi connectivity index (χ2n) is 8.51. The molecule has 3 aromatic carbocycles. The zero-order valence-electron chi connectivity index (χ0n) is 20.9. The number of carbonyl (C=O) groups excluding carboxylic acids is 1. The Bertz CT molecular complexity index is 1650. The van der Waals surface area contributed by atoms with Crippen LogP contribution in [0.1, 0.15) is 43.0 Å². The minimum absolute atomic E-state index is 0.0428. The van der Waals surface area contributed by atoms with Crippen molar-refractivity contribution in [1.29, 1.82) is 0 Å². The Morgan fingerprint density at radius 3 is 2.39 bits per heavy atom. The number of hydrazone groups is 1. The van der Waals surface area contributed by atoms with E-state index in [1.165, 1.54) is 49.8 Å². The van der Waals surface area contributed by atoms with Crippen LogP contribution in [0, 0.1) is 23.3 Å². The van der Waals surface area contributed by atoms with Crippen molar-refractivity contribution in [2.75, 3.05) is 7.11 Å². The first-order valence-corrected chi connectivity index (χ1v) is 12.6. The highest BCUT2D eigenvalue weighted by atomic mass is 32.2. The lowest BCUT2D eigenvalue weighted by Crippen LogP contribution is -2.28. The second-order valence-corrected chi connectivity index (χ2v) is 9.58. The normalized spacial score (nSPS) is 14.6. The third kappa shape index (κ3) is 5.48. The minimum atomic E-state index is -1.42. The van der Waals surface area contributed by atoms with Crippen LogP contribution in [0.3, 0.4) is 0 Å². The summed E-state index contributed by atoms with van der Waals surface area (Å²) in [6, 6.07) is 11.9. The smallest absolute Gasteiger partial charge is 0.339 e. The fourth-order valence-electron chi connectivity index (χ4n) is 4.10. The zero-order chi connectivity index (χ0) is 29.3. The number of carboxylic acids is 1. The Kier molecular flexibility index (Phi) is 7.70. The van der Waals surface area contributed by atoms with Crippen molar-refractivity contribution in [2.24, 2.45) is 5.10 Å². The maximum absolute atomic E-state index is 14.6. The highest BCUT2D eigenvalue weighted by molar-refractivity contribution is 8.14. The van der Waals surface area contributed by atoms with Gasteiger partial charge < -0.3 is 19.0 Å². The molecule has 5 rings (SSSR count). The molecule has 4 aromatic rings. The van der Waals surface area contributed by atoms with Crippen LogP contribution in [0.25, 0.3) is 0 Å². The summed E-state index contributed by atoms with van der Waals surface area (Å²) < 4.78 is 72.9. The number of furan rings is 1. The quantitative estimate of drug-likeness (QED) is 0.240. The molecule has 1 N–H and O–H groups in total. The van der Waals surface area contributed by atoms with Crippen molar-refractivity contribution in [2.45, 2.75) is 12.0 Å². The van der Waals surface area contributed by atoms with Gasteiger partial charge in [-0.1, -0.05) is 23.9 Å². The minimum Gasteiger partial charge on any atom is -0.492 e. The number of hydrogen-bond donors (Lipinski definition) is 1. The molecule has 0 aliphatic carbocycles. The van der Waals surface area contributed by atoms with E-state index in [-0.39, 0.29) is 34.5 Å². The van der Waals surface area contributed by atoms with E-state index < -0.39 is 46.1 Å². The number of hydrogen-bond acceptors (Lipinski definition) is 7. The number of amides is 1. The molecule has 13 heteroatoms. The van der Waals surface area contributed by atoms with Gasteiger partial charge in [0.05, 0.1) is 13.4 Å². The van der Waals surface area contributed by atoms with Crippen LogP contribution in [-0.4, -0.2) is 34.1 Å². The van der Waals surface area contributed by atoms with E-state index in [1.807, 2.05) is 0 Å². The van der Waals surface area contributed by atoms with E-state index in [9.17, 15) is 32.3 Å². The summed E-state index contributed by atoms with van der Waals surface area (Å²) in [5.41, 5.74) is -0.400. The first-order valence-electron chi connectivity index (χ1n) is 11.8. The maximum Gasteiger partial charge on any atom is 0.339 e. The van der Waals surface area contributed by atoms with Crippen molar-refractivity contribution < 1.29 is 46.1 Å². The molecule has 1 amide bonds. The molecule has 0 spiro atoms. The molecule has 0 radical (unpaired) electrons. The predicted molar refractivity (Wildman–Crippen MR) is 139 cm³/mol. The Balaban J connectivity index is 1.55. The fraction of sp³-hybridized carbons (Fsp3) is 0.107. The molecule has 1 aliphatic rings. The van der Waals surface area contributed by atoms with Crippen molar-refractivity contribution in [3.63, 3.8) is 0 Å². The van der Waals surface area contributed by atoms with E-state index in [2.05, 4.69) is 5.10 Å². The molecule has 1 atom stereocenters. The molecule has 0 saturated carbocycles. The molecule has 41 heavy (non-hydrogen) atoms. The number of aromatic carboxylic acids is 1. The maximum atomic E-state index is 14.6. The van der Waals surface area contributed by atoms with E-state index in [0.717, 1.165) is 16.8 Å². The van der Waals surface area contributed by atoms with Gasteiger partial charge in [0.15, 0.2) is 17.3 Å². The summed E-state index contributed by atoms with van der Waals surface area (Å²) in [6.45, 7) is -0.280. The molecule has 1 aliphatic heterocycles. The van der Waals surface area contributed by atoms with Gasteiger partial charge in [-0.05, 0) is 36.4 Å². The van der Waals surface area contributed by atoms with Crippen LogP contribution in [0.2, 0.25) is 0 Å². The first-order chi connectivity index (χ1) is 19.7. The van der Waals surface area contributed by atoms with Crippen LogP contribution >= 0.6 is 11.8 Å². The predicted octanol–water partition coefficient (Wildman–Crippen LogP) is 6.37. The Hall–Kier alpha value is -4.78. The number of rotatable bonds is 8. The Morgan fingerprint density at radius 2 is 1.73 bits per heavy atom. The molecule has 0 fully saturated rings. The zero-order valence-corrected chi connectivity index (χ0v) is 21.8. The number of nitrogens with zero attached hydrogens (tertiary/aromatic N) is 2. The van der Waals surface area contributed by atoms with Gasteiger partial charge in [0.2, 0.25) is 0 Å². The van der Waals surface area contributed by atoms with Crippen LogP contribution in [0.4, 0.5) is 17.6 Å². The lowest BCUT2D eigenvalue weighted by atomic mass is 10.1. The number of ether oxygens (including phenoxy) is 2. The SMILES string of the molecule is COc1c(OCc2occc2C(=O)O)cccc1C1SC(c2ccc(F)cc2)=NN1C(=O)c1c(F)cc(F)cc1F. The average Bonchev–Trinajstić information content (AvgIpc) is 3.59. The fourth-order valence-corrected chi connectivity index (χ4v) is 5.28. The molecular weight excluding hydrogens is 568 g/mol. The van der Waals surface area contributed by atoms with E-state index in [4.69, 9.17) is 13.9 Å². The van der Waals surface area contributed by atoms with E-state index in [0.29, 0.717) is 23.3 Å². The van der Waals surface area contributed by atoms with Gasteiger partial charge in [-0.2, -0.15) is 5.10 Å². The summed E-state index contributed by atoms with van der Waals surface area (Å²) in [5.74, 6) is -6.66. The first kappa shape index (κ1) is 27.8. The molecule has 2 heterocycles. The van der Waals surface area contributed by atoms with Crippen molar-refractivity contribution >= 4 is 28.7 Å². The van der Waals surface area contributed by atoms with Crippen LogP contribution < -0.4 is 9.47 Å². The van der Waals surface area contributed by atoms with Gasteiger partial charge in [0.1, 0.15) is 51.4 Å². The number of halogens is 4. The van der Waals surface area contributed by atoms with Gasteiger partial charge in [-0.25, -0.2) is 27.4 Å². The third-order valence-electron chi connectivity index (χ3n) is 5.98. The van der Waals surface area contributed by atoms with Gasteiger partial charge in [-0.3, -0.25) is 4.79 Å². The number of methoxy groups -OCH3 is 1. The molecular formula is C28H18F4N2O6S. The summed E-state index contributed by atoms with van der Waals surface area (Å²) in [5, 5.41) is 13.6. The summed E-state index contributed by atoms with van der Waals surface area (Å²) in [6.07, 6.45) is 1.20. The molecule has 210 valence electrons. The number of carbonyl (C=O) groups is 2. The van der Waals surface area contributed by atoms with E-state index >= 15 is 0 Å². The van der Waals surface area contributed by atoms with Crippen LogP contribution in [0.15, 0.2) is 76.4 Å². The van der Waals surface area contributed by atoms with Crippen LogP contribution in [-0.2, 0) is 6.61 Å². The molecule has 0 bridgehead atoms. The average molecular weight is 587 g/mol. The molecule has 0 saturated heterocycles. The summed E-state index contributed by atoms with van der Waals surface area (Å²) in [7, 11) is 1.33. The Labute approximate surface area is 233 Å². The highest BCUT2D eigenvalue weighted by Crippen LogP contribution is 2.48. The van der Waals surface area contributed by atoms with Gasteiger partial charge >= 0.3 is 5.97 Å². The van der Waals surface area contributed by atoms with Crippen molar-refractivity contribution in [3.05, 3.63) is 118 Å². The van der Waals surface area contributed by atoms with Gasteiger partial charge in [-0.15, -0.1) is 0 Å². The number of carboxylic acid groups (broad SMARTS) is 1. The Morgan fingerprint density at radius 1 is 1.02 bits per heavy atom. The van der Waals surface area contributed by atoms with Gasteiger partial charge in [0, 0.05) is 23.3 Å². The van der Waals surface area contributed by atoms with Gasteiger partial charge in [0.25, 0.3) is 5.91 Å². The van der Waals surface area contributed by atoms with Crippen molar-refractivity contribution in [1.82, 2.24) is 5.01 Å². The highest BCUT2D eigenvalue weighted by Gasteiger charge is 2.39. The lowest BCUT2D eigenvalue weighted by Gasteiger charge is -2.24. The number of para-hydroxylation sites is 1. The summed E-state index contributed by atoms with van der Waals surface area (Å²) in [4.78, 5) is 24.9. The largest absolute Gasteiger partial charge is 0.492 e. The standard InChI is InChI=1S/C28H18F4N2O6S/c1-38-24-18(3-2-4-21(24)40-13-22-17(28(36)37)9-10-39-22)27-34(26(35)23-19(31)11-16(30)12-20(23)32)33-25(41-27)14-5-7-15(29)8-6-14/h2-12,27H,13H2,1H3,(H,36,37). The topological polar surface area (TPSA) is 102 Å². The van der Waals surface area contributed by atoms with Crippen LogP contribution in [0.5, 0.6) is 11.5 Å². The monoisotopic (exact) mass is 586 g/mol. The second kappa shape index (κ2) is 11.4. The number of benzene rings is 3. The molecule has 1 aromatic heterocycles. The van der Waals surface area contributed by atoms with E-state index in [1.54, 1.807) is 12.1 Å². The number of thioether (sulfide) groups is 1. The summed E-state index contributed by atoms with van der Waals surface area (Å²) >= 11 is 1.01. The third-order valence-corrected chi connectivity index (χ3v) is 7.20. The van der Waals surface area contributed by atoms with Crippen molar-refractivity contribution in [3.8, 4) is 11.5 Å². The lowest BCUT2D eigenvalue weighted by molar-refractivity contribution is 0.0690.